The Hall–Kier alpha value is -2.22. The third kappa shape index (κ3) is 2.72. The lowest BCUT2D eigenvalue weighted by atomic mass is 10.3. The van der Waals surface area contributed by atoms with E-state index in [9.17, 15) is 10.1 Å². The lowest BCUT2D eigenvalue weighted by Crippen LogP contribution is -2.04. The van der Waals surface area contributed by atoms with Gasteiger partial charge in [0, 0.05) is 10.2 Å². The van der Waals surface area contributed by atoms with Gasteiger partial charge in [-0.05, 0) is 18.2 Å². The van der Waals surface area contributed by atoms with Crippen LogP contribution in [0.1, 0.15) is 0 Å². The van der Waals surface area contributed by atoms with Gasteiger partial charge in [0.25, 0.3) is 0 Å². The van der Waals surface area contributed by atoms with Crippen molar-refractivity contribution in [2.75, 3.05) is 11.1 Å². The molecule has 2 rings (SSSR count). The van der Waals surface area contributed by atoms with Gasteiger partial charge in [-0.3, -0.25) is 10.1 Å². The van der Waals surface area contributed by atoms with Crippen molar-refractivity contribution in [1.29, 1.82) is 0 Å². The third-order valence-corrected chi connectivity index (χ3v) is 2.57. The second-order valence-electron chi connectivity index (χ2n) is 3.35. The zero-order valence-electron chi connectivity index (χ0n) is 9.00. The molecule has 1 aromatic heterocycles. The molecule has 18 heavy (non-hydrogen) atoms. The van der Waals surface area contributed by atoms with Crippen molar-refractivity contribution in [2.24, 2.45) is 0 Å². The molecule has 0 atom stereocenters. The lowest BCUT2D eigenvalue weighted by molar-refractivity contribution is -0.384. The SMILES string of the molecule is Nc1ncc([N+](=O)[O-])c(Nc2cccc(Br)c2)n1. The second-order valence-corrected chi connectivity index (χ2v) is 4.27. The molecule has 0 spiro atoms. The number of nitrogen functional groups attached to an aromatic ring is 1. The van der Waals surface area contributed by atoms with Crippen molar-refractivity contribution in [3.8, 4) is 0 Å². The third-order valence-electron chi connectivity index (χ3n) is 2.07. The van der Waals surface area contributed by atoms with E-state index in [2.05, 4.69) is 31.2 Å². The molecule has 0 radical (unpaired) electrons. The maximum absolute atomic E-state index is 10.8. The minimum Gasteiger partial charge on any atom is -0.368 e. The van der Waals surface area contributed by atoms with Gasteiger partial charge in [0.05, 0.1) is 4.92 Å². The van der Waals surface area contributed by atoms with E-state index in [0.717, 1.165) is 10.7 Å². The van der Waals surface area contributed by atoms with Crippen LogP contribution in [-0.2, 0) is 0 Å². The summed E-state index contributed by atoms with van der Waals surface area (Å²) in [6, 6.07) is 7.16. The molecule has 0 aliphatic rings. The monoisotopic (exact) mass is 309 g/mol. The van der Waals surface area contributed by atoms with Crippen molar-refractivity contribution in [1.82, 2.24) is 9.97 Å². The number of hydrogen-bond donors (Lipinski definition) is 2. The number of nitrogens with two attached hydrogens (primary N) is 1. The van der Waals surface area contributed by atoms with Crippen LogP contribution < -0.4 is 11.1 Å². The van der Waals surface area contributed by atoms with E-state index in [-0.39, 0.29) is 17.5 Å². The summed E-state index contributed by atoms with van der Waals surface area (Å²) >= 11 is 3.31. The minimum atomic E-state index is -0.570. The first-order chi connectivity index (χ1) is 8.56. The van der Waals surface area contributed by atoms with E-state index < -0.39 is 4.92 Å². The van der Waals surface area contributed by atoms with E-state index in [1.807, 2.05) is 6.07 Å². The molecule has 0 aliphatic carbocycles. The first-order valence-corrected chi connectivity index (χ1v) is 5.65. The number of hydrogen-bond acceptors (Lipinski definition) is 6. The number of nitro groups is 1. The predicted molar refractivity (Wildman–Crippen MR) is 70.5 cm³/mol. The molecule has 8 heteroatoms. The van der Waals surface area contributed by atoms with Gasteiger partial charge in [-0.15, -0.1) is 0 Å². The Kier molecular flexibility index (Phi) is 3.38. The molecule has 0 aliphatic heterocycles. The molecule has 0 unspecified atom stereocenters. The van der Waals surface area contributed by atoms with Gasteiger partial charge in [-0.2, -0.15) is 4.98 Å². The van der Waals surface area contributed by atoms with Crippen LogP contribution in [0.5, 0.6) is 0 Å². The number of rotatable bonds is 3. The van der Waals surface area contributed by atoms with Crippen LogP contribution in [0.15, 0.2) is 34.9 Å². The van der Waals surface area contributed by atoms with E-state index in [1.165, 1.54) is 0 Å². The number of halogens is 1. The molecule has 1 aromatic carbocycles. The van der Waals surface area contributed by atoms with Crippen LogP contribution in [0, 0.1) is 10.1 Å². The Morgan fingerprint density at radius 2 is 2.22 bits per heavy atom. The molecule has 0 fully saturated rings. The zero-order valence-corrected chi connectivity index (χ0v) is 10.6. The van der Waals surface area contributed by atoms with Gasteiger partial charge in [0.2, 0.25) is 11.8 Å². The second kappa shape index (κ2) is 4.96. The predicted octanol–water partition coefficient (Wildman–Crippen LogP) is 2.47. The van der Waals surface area contributed by atoms with E-state index >= 15 is 0 Å². The summed E-state index contributed by atoms with van der Waals surface area (Å²) in [5.41, 5.74) is 5.84. The molecule has 1 heterocycles. The molecule has 2 aromatic rings. The normalized spacial score (nSPS) is 10.1. The summed E-state index contributed by atoms with van der Waals surface area (Å²) in [6.45, 7) is 0. The maximum atomic E-state index is 10.8. The fourth-order valence-corrected chi connectivity index (χ4v) is 1.72. The summed E-state index contributed by atoms with van der Waals surface area (Å²) in [5, 5.41) is 13.7. The van der Waals surface area contributed by atoms with Crippen LogP contribution in [0.4, 0.5) is 23.1 Å². The Balaban J connectivity index is 2.39. The molecule has 92 valence electrons. The Morgan fingerprint density at radius 3 is 2.89 bits per heavy atom. The molecule has 0 saturated carbocycles. The molecule has 3 N–H and O–H groups in total. The summed E-state index contributed by atoms with van der Waals surface area (Å²) in [7, 11) is 0. The van der Waals surface area contributed by atoms with Gasteiger partial charge in [0.15, 0.2) is 0 Å². The minimum absolute atomic E-state index is 0.0295. The van der Waals surface area contributed by atoms with Crippen molar-refractivity contribution in [3.63, 3.8) is 0 Å². The molecule has 0 amide bonds. The first-order valence-electron chi connectivity index (χ1n) is 4.86. The summed E-state index contributed by atoms with van der Waals surface area (Å²) in [4.78, 5) is 17.7. The number of benzene rings is 1. The summed E-state index contributed by atoms with van der Waals surface area (Å²) in [6.07, 6.45) is 1.07. The number of anilines is 3. The molecule has 7 nitrogen and oxygen atoms in total. The highest BCUT2D eigenvalue weighted by Gasteiger charge is 2.16. The zero-order chi connectivity index (χ0) is 13.1. The molecule has 0 saturated heterocycles. The summed E-state index contributed by atoms with van der Waals surface area (Å²) in [5.74, 6) is 0.0312. The Morgan fingerprint density at radius 1 is 1.44 bits per heavy atom. The number of aromatic nitrogens is 2. The van der Waals surface area contributed by atoms with Crippen molar-refractivity contribution < 1.29 is 4.92 Å². The largest absolute Gasteiger partial charge is 0.368 e. The van der Waals surface area contributed by atoms with Crippen LogP contribution in [-0.4, -0.2) is 14.9 Å². The van der Waals surface area contributed by atoms with Crippen LogP contribution in [0.25, 0.3) is 0 Å². The van der Waals surface area contributed by atoms with Crippen LogP contribution in [0.2, 0.25) is 0 Å². The Labute approximate surface area is 110 Å². The smallest absolute Gasteiger partial charge is 0.329 e. The highest BCUT2D eigenvalue weighted by Crippen LogP contribution is 2.26. The fourth-order valence-electron chi connectivity index (χ4n) is 1.32. The summed E-state index contributed by atoms with van der Waals surface area (Å²) < 4.78 is 0.845. The van der Waals surface area contributed by atoms with Crippen molar-refractivity contribution in [2.45, 2.75) is 0 Å². The molecule has 0 bridgehead atoms. The number of nitrogens with zero attached hydrogens (tertiary/aromatic N) is 3. The highest BCUT2D eigenvalue weighted by molar-refractivity contribution is 9.10. The number of nitrogens with one attached hydrogen (secondary N) is 1. The van der Waals surface area contributed by atoms with Gasteiger partial charge >= 0.3 is 5.69 Å². The highest BCUT2D eigenvalue weighted by atomic mass is 79.9. The van der Waals surface area contributed by atoms with Crippen LogP contribution in [0.3, 0.4) is 0 Å². The van der Waals surface area contributed by atoms with Crippen LogP contribution >= 0.6 is 15.9 Å². The fraction of sp³-hybridized carbons (Fsp3) is 0. The van der Waals surface area contributed by atoms with Crippen molar-refractivity contribution >= 4 is 39.1 Å². The van der Waals surface area contributed by atoms with Crippen molar-refractivity contribution in [3.05, 3.63) is 45.0 Å². The average Bonchev–Trinajstić information content (AvgIpc) is 2.28. The van der Waals surface area contributed by atoms with E-state index in [0.29, 0.717) is 5.69 Å². The average molecular weight is 310 g/mol. The topological polar surface area (TPSA) is 107 Å². The lowest BCUT2D eigenvalue weighted by Gasteiger charge is -2.06. The van der Waals surface area contributed by atoms with E-state index in [1.54, 1.807) is 18.2 Å². The Bertz CT molecular complexity index is 605. The van der Waals surface area contributed by atoms with Gasteiger partial charge in [-0.1, -0.05) is 22.0 Å². The first kappa shape index (κ1) is 12.2. The van der Waals surface area contributed by atoms with Gasteiger partial charge in [-0.25, -0.2) is 4.98 Å². The molecular formula is C10H8BrN5O2. The molecular weight excluding hydrogens is 302 g/mol. The van der Waals surface area contributed by atoms with Gasteiger partial charge < -0.3 is 11.1 Å². The van der Waals surface area contributed by atoms with E-state index in [4.69, 9.17) is 5.73 Å². The maximum Gasteiger partial charge on any atom is 0.329 e. The quantitative estimate of drug-likeness (QED) is 0.666. The van der Waals surface area contributed by atoms with Gasteiger partial charge in [0.1, 0.15) is 6.20 Å². The standard InChI is InChI=1S/C10H8BrN5O2/c11-6-2-1-3-7(4-6)14-9-8(16(17)18)5-13-10(12)15-9/h1-5H,(H3,12,13,14,15).